The van der Waals surface area contributed by atoms with Gasteiger partial charge in [-0.1, -0.05) is 0 Å². The van der Waals surface area contributed by atoms with Crippen molar-refractivity contribution in [3.8, 4) is 0 Å². The molecule has 1 aliphatic rings. The number of anilines is 1. The molecule has 2 aromatic rings. The number of imidazole rings is 1. The van der Waals surface area contributed by atoms with Crippen LogP contribution >= 0.6 is 15.6 Å². The van der Waals surface area contributed by atoms with E-state index in [9.17, 15) is 29.0 Å². The predicted molar refractivity (Wildman–Crippen MR) is 87.4 cm³/mol. The van der Waals surface area contributed by atoms with Crippen molar-refractivity contribution in [1.82, 2.24) is 19.5 Å². The van der Waals surface area contributed by atoms with Crippen LogP contribution in [0.25, 0.3) is 11.2 Å². The van der Waals surface area contributed by atoms with E-state index in [0.717, 1.165) is 10.9 Å². The summed E-state index contributed by atoms with van der Waals surface area (Å²) < 4.78 is 36.6. The van der Waals surface area contributed by atoms with Crippen molar-refractivity contribution in [3.05, 3.63) is 16.7 Å². The van der Waals surface area contributed by atoms with Crippen LogP contribution in [0, 0.1) is 0 Å². The summed E-state index contributed by atoms with van der Waals surface area (Å²) in [6.45, 7) is -0.870. The minimum Gasteiger partial charge on any atom is -0.387 e. The van der Waals surface area contributed by atoms with Gasteiger partial charge in [0.1, 0.15) is 18.3 Å². The smallest absolute Gasteiger partial charge is 0.387 e. The average molecular weight is 458 g/mol. The summed E-state index contributed by atoms with van der Waals surface area (Å²) in [6, 6.07) is 0. The van der Waals surface area contributed by atoms with E-state index in [1.807, 2.05) is 0 Å². The second kappa shape index (κ2) is 7.27. The lowest BCUT2D eigenvalue weighted by molar-refractivity contribution is -0.0503. The number of fused-ring (bicyclic) bond motifs is 1. The summed E-state index contributed by atoms with van der Waals surface area (Å²) in [4.78, 5) is 48.1. The van der Waals surface area contributed by atoms with Gasteiger partial charge in [0.25, 0.3) is 5.56 Å². The van der Waals surface area contributed by atoms with Gasteiger partial charge in [0.2, 0.25) is 5.95 Å². The topological polar surface area (TPSA) is 253 Å². The van der Waals surface area contributed by atoms with E-state index >= 15 is 0 Å². The SMILES string of the molecule is [15NH2][13c]1[15n][13c]2[13c]([15n][13cH][15n]2[13C@@H]2O[13C@H]([13CH2]OP(=O)(O)OP(=O)(O)O)[13CH](O)[13C@@H]2O)[13c](=O)[15nH]1. The molecule has 156 valence electrons. The van der Waals surface area contributed by atoms with Gasteiger partial charge in [-0.05, 0) is 0 Å². The molecular weight excluding hydrogens is 443 g/mol. The first kappa shape index (κ1) is 21.0. The summed E-state index contributed by atoms with van der Waals surface area (Å²) in [5.74, 6) is -0.233. The highest BCUT2D eigenvalue weighted by Gasteiger charge is 2.46. The van der Waals surface area contributed by atoms with Gasteiger partial charge in [-0.2, -0.15) is 9.29 Å². The lowest BCUT2D eigenvalue weighted by atomic mass is 11.1. The first-order valence-electron chi connectivity index (χ1n) is 7.36. The number of nitrogens with zero attached hydrogens (tertiary/aromatic N) is 3. The molecule has 2 aromatic heterocycles. The predicted octanol–water partition coefficient (Wildman–Crippen LogP) is -2.45. The number of aliphatic hydroxyl groups is 2. The number of ether oxygens (including phenoxy) is 1. The number of phosphoric acid groups is 2. The molecule has 16 nitrogen and oxygen atoms in total. The molecule has 1 aliphatic heterocycles. The van der Waals surface area contributed by atoms with Crippen molar-refractivity contribution in [1.29, 1.82) is 0 Å². The van der Waals surface area contributed by atoms with Gasteiger partial charge in [-0.15, -0.1) is 0 Å². The summed E-state index contributed by atoms with van der Waals surface area (Å²) in [5, 5.41) is 20.3. The molecule has 28 heavy (non-hydrogen) atoms. The number of H-pyrrole nitrogens is 1. The normalized spacial score (nSPS) is 27.9. The van der Waals surface area contributed by atoms with E-state index in [1.165, 1.54) is 0 Å². The number of hydrogen-bond donors (Lipinski definition) is 7. The van der Waals surface area contributed by atoms with Crippen LogP contribution in [0.5, 0.6) is 0 Å². The van der Waals surface area contributed by atoms with Gasteiger partial charge in [0.15, 0.2) is 17.4 Å². The number of nitrogens with one attached hydrogen (secondary N) is 1. The zero-order chi connectivity index (χ0) is 20.9. The van der Waals surface area contributed by atoms with Gasteiger partial charge >= 0.3 is 15.6 Å². The maximum Gasteiger partial charge on any atom is 0.481 e. The maximum atomic E-state index is 11.8. The van der Waals surface area contributed by atoms with Crippen LogP contribution in [0.15, 0.2) is 11.1 Å². The van der Waals surface area contributed by atoms with Crippen molar-refractivity contribution in [2.24, 2.45) is 0 Å². The highest BCUT2D eigenvalue weighted by atomic mass is 31.3. The van der Waals surface area contributed by atoms with Gasteiger partial charge in [-0.25, -0.2) is 14.1 Å². The van der Waals surface area contributed by atoms with Gasteiger partial charge in [0, 0.05) is 0 Å². The van der Waals surface area contributed by atoms with Crippen LogP contribution < -0.4 is 11.3 Å². The Morgan fingerprint density at radius 1 is 1.29 bits per heavy atom. The van der Waals surface area contributed by atoms with Crippen LogP contribution in [-0.2, 0) is 22.7 Å². The fraction of sp³-hybridized carbons (Fsp3) is 0.500. The quantitative estimate of drug-likeness (QED) is 0.135. The van der Waals surface area contributed by atoms with E-state index < -0.39 is 52.4 Å². The van der Waals surface area contributed by atoms with Crippen LogP contribution in [0.3, 0.4) is 0 Å². The molecule has 2 unspecified atom stereocenters. The molecule has 1 fully saturated rings. The Morgan fingerprint density at radius 3 is 2.61 bits per heavy atom. The third kappa shape index (κ3) is 4.31. The third-order valence-corrected chi connectivity index (χ3v) is 5.83. The molecule has 0 saturated carbocycles. The highest BCUT2D eigenvalue weighted by Crippen LogP contribution is 2.57. The number of nitrogens with two attached hydrogens (primary N) is 1. The number of phosphoric ester groups is 1. The number of aliphatic hydroxyl groups excluding tert-OH is 2. The fourth-order valence-electron chi connectivity index (χ4n) is 2.55. The van der Waals surface area contributed by atoms with Crippen molar-refractivity contribution in [2.75, 3.05) is 12.3 Å². The second-order valence-corrected chi connectivity index (χ2v) is 8.49. The van der Waals surface area contributed by atoms with Crippen LogP contribution in [0.1, 0.15) is 6.23 Å². The van der Waals surface area contributed by atoms with Crippen molar-refractivity contribution >= 4 is 32.8 Å². The van der Waals surface area contributed by atoms with Crippen molar-refractivity contribution < 1.29 is 47.6 Å². The summed E-state index contributed by atoms with van der Waals surface area (Å²) >= 11 is 0. The zero-order valence-corrected chi connectivity index (χ0v) is 15.4. The molecular formula is C10H15N5O11P2. The monoisotopic (exact) mass is 458 g/mol. The molecule has 0 radical (unpaired) electrons. The van der Waals surface area contributed by atoms with Gasteiger partial charge in [-0.3, -0.25) is 18.9 Å². The summed E-state index contributed by atoms with van der Waals surface area (Å²) in [6.07, 6.45) is -4.88. The summed E-state index contributed by atoms with van der Waals surface area (Å²) in [7, 11) is -10.5. The van der Waals surface area contributed by atoms with E-state index in [-0.39, 0.29) is 17.1 Å². The zero-order valence-electron chi connectivity index (χ0n) is 13.6. The number of hydrogen-bond acceptors (Lipinski definition) is 11. The highest BCUT2D eigenvalue weighted by molar-refractivity contribution is 7.60. The first-order valence-corrected chi connectivity index (χ1v) is 10.4. The molecule has 3 heterocycles. The molecule has 18 heteroatoms. The molecule has 8 N–H and O–H groups in total. The number of rotatable bonds is 6. The molecule has 1 saturated heterocycles. The van der Waals surface area contributed by atoms with Crippen LogP contribution in [0.4, 0.5) is 5.95 Å². The molecule has 3 rings (SSSR count). The molecule has 0 bridgehead atoms. The minimum atomic E-state index is -5.32. The standard InChI is InChI=1S/C10H15N5O11P2/c11-10-13-7-4(8(18)14-10)12-2-15(7)9-6(17)5(16)3(25-9)1-24-28(22,23)26-27(19,20)21/h2-3,5-6,9,16-17H,1H2,(H,22,23)(H2,19,20,21)(H3,11,13,14,18)/t3-,5?,6+,9-/m1/s1/i1+1,2+1,3+1,4+1,5+1,6+1,7+1,8+1,9+1,10+1,11+1,12+1,13+1,14+1,15+1. The van der Waals surface area contributed by atoms with Gasteiger partial charge < -0.3 is 35.4 Å². The van der Waals surface area contributed by atoms with E-state index in [0.29, 0.717) is 0 Å². The Morgan fingerprint density at radius 2 is 1.96 bits per heavy atom. The first-order chi connectivity index (χ1) is 12.9. The van der Waals surface area contributed by atoms with Gasteiger partial charge in [0.05, 0.1) is 12.9 Å². The Bertz CT molecular complexity index is 1030. The molecule has 0 aliphatic carbocycles. The second-order valence-electron chi connectivity index (χ2n) is 5.66. The van der Waals surface area contributed by atoms with Crippen LogP contribution in [0.2, 0.25) is 0 Å². The fourth-order valence-corrected chi connectivity index (χ4v) is 4.15. The van der Waals surface area contributed by atoms with E-state index in [1.54, 1.807) is 0 Å². The largest absolute Gasteiger partial charge is 0.481 e. The Kier molecular flexibility index (Phi) is 5.46. The Labute approximate surface area is 154 Å². The lowest BCUT2D eigenvalue weighted by Gasteiger charge is -2.17. The minimum absolute atomic E-state index is 0.0586. The maximum absolute atomic E-state index is 11.8. The van der Waals surface area contributed by atoms with E-state index in [2.05, 4.69) is 23.8 Å². The lowest BCUT2D eigenvalue weighted by Crippen LogP contribution is -2.33. The molecule has 5 atom stereocenters. The van der Waals surface area contributed by atoms with Crippen molar-refractivity contribution in [2.45, 2.75) is 24.5 Å². The molecule has 0 aromatic carbocycles. The Hall–Kier alpha value is -1.71. The average Bonchev–Trinajstić information content (AvgIpc) is 3.06. The summed E-state index contributed by atoms with van der Waals surface area (Å²) in [5.41, 5.74) is 4.65. The van der Waals surface area contributed by atoms with E-state index in [4.69, 9.17) is 20.3 Å². The number of nitrogen functional groups attached to an aromatic ring is 1. The van der Waals surface area contributed by atoms with Crippen LogP contribution in [-0.4, -0.2) is 69.3 Å². The number of aromatic nitrogens is 4. The third-order valence-electron chi connectivity index (χ3n) is 3.67. The van der Waals surface area contributed by atoms with Crippen molar-refractivity contribution in [3.63, 3.8) is 0 Å². The number of aromatic amines is 1. The molecule has 0 spiro atoms. The Balaban J connectivity index is 1.79. The molecule has 0 amide bonds.